The second kappa shape index (κ2) is 7.13. The summed E-state index contributed by atoms with van der Waals surface area (Å²) in [7, 11) is 1.77. The molecule has 2 heterocycles. The van der Waals surface area contributed by atoms with E-state index >= 15 is 0 Å². The van der Waals surface area contributed by atoms with Crippen molar-refractivity contribution in [1.82, 2.24) is 9.80 Å². The van der Waals surface area contributed by atoms with E-state index in [2.05, 4.69) is 0 Å². The van der Waals surface area contributed by atoms with Crippen LogP contribution in [-0.2, 0) is 9.53 Å². The van der Waals surface area contributed by atoms with Crippen LogP contribution in [0.15, 0.2) is 24.3 Å². The van der Waals surface area contributed by atoms with Gasteiger partial charge in [0, 0.05) is 33.2 Å². The Morgan fingerprint density at radius 2 is 1.92 bits per heavy atom. The van der Waals surface area contributed by atoms with Gasteiger partial charge in [-0.15, -0.1) is 0 Å². The van der Waals surface area contributed by atoms with Crippen LogP contribution < -0.4 is 0 Å². The molecule has 24 heavy (non-hydrogen) atoms. The fraction of sp³-hybridized carbons (Fsp3) is 0.500. The molecule has 1 saturated heterocycles. The third kappa shape index (κ3) is 3.33. The number of carbonyl (C=O) groups is 3. The first-order valence-electron chi connectivity index (χ1n) is 8.38. The van der Waals surface area contributed by atoms with E-state index in [1.165, 1.54) is 4.90 Å². The van der Waals surface area contributed by atoms with E-state index in [1.54, 1.807) is 36.2 Å². The van der Waals surface area contributed by atoms with Crippen LogP contribution in [0, 0.1) is 0 Å². The summed E-state index contributed by atoms with van der Waals surface area (Å²) in [6, 6.07) is 6.82. The molecular formula is C18H22N2O4. The largest absolute Gasteiger partial charge is 0.376 e. The molecule has 128 valence electrons. The molecule has 0 aromatic heterocycles. The second-order valence-electron chi connectivity index (χ2n) is 6.32. The van der Waals surface area contributed by atoms with Gasteiger partial charge in [0.1, 0.15) is 0 Å². The van der Waals surface area contributed by atoms with Gasteiger partial charge in [0.25, 0.3) is 11.8 Å². The number of carbonyl (C=O) groups excluding carboxylic acids is 3. The van der Waals surface area contributed by atoms with Crippen molar-refractivity contribution in [3.63, 3.8) is 0 Å². The van der Waals surface area contributed by atoms with Crippen LogP contribution in [0.2, 0.25) is 0 Å². The van der Waals surface area contributed by atoms with Crippen LogP contribution in [0.25, 0.3) is 0 Å². The molecule has 1 unspecified atom stereocenters. The van der Waals surface area contributed by atoms with Gasteiger partial charge in [-0.2, -0.15) is 0 Å². The monoisotopic (exact) mass is 330 g/mol. The molecule has 2 aliphatic rings. The number of rotatable bonds is 6. The highest BCUT2D eigenvalue weighted by Gasteiger charge is 2.34. The number of benzene rings is 1. The molecule has 3 amide bonds. The lowest BCUT2D eigenvalue weighted by Crippen LogP contribution is -2.35. The van der Waals surface area contributed by atoms with Crippen molar-refractivity contribution in [1.29, 1.82) is 0 Å². The molecule has 3 rings (SSSR count). The average molecular weight is 330 g/mol. The van der Waals surface area contributed by atoms with E-state index in [0.29, 0.717) is 30.5 Å². The highest BCUT2D eigenvalue weighted by atomic mass is 16.5. The first-order valence-corrected chi connectivity index (χ1v) is 8.38. The molecular weight excluding hydrogens is 308 g/mol. The van der Waals surface area contributed by atoms with Crippen molar-refractivity contribution >= 4 is 17.7 Å². The van der Waals surface area contributed by atoms with Gasteiger partial charge in [-0.3, -0.25) is 19.3 Å². The third-order valence-electron chi connectivity index (χ3n) is 4.58. The smallest absolute Gasteiger partial charge is 0.261 e. The zero-order valence-electron chi connectivity index (χ0n) is 13.9. The molecule has 0 aliphatic carbocycles. The Hall–Kier alpha value is -2.21. The molecule has 6 heteroatoms. The lowest BCUT2D eigenvalue weighted by molar-refractivity contribution is -0.131. The summed E-state index contributed by atoms with van der Waals surface area (Å²) in [5, 5.41) is 0. The number of imide groups is 1. The first kappa shape index (κ1) is 16.6. The van der Waals surface area contributed by atoms with E-state index in [1.807, 2.05) is 0 Å². The summed E-state index contributed by atoms with van der Waals surface area (Å²) in [6.45, 7) is 1.64. The number of ether oxygens (including phenoxy) is 1. The summed E-state index contributed by atoms with van der Waals surface area (Å²) in [4.78, 5) is 39.6. The number of fused-ring (bicyclic) bond motifs is 1. The van der Waals surface area contributed by atoms with Crippen molar-refractivity contribution in [2.75, 3.05) is 26.7 Å². The van der Waals surface area contributed by atoms with Crippen molar-refractivity contribution in [2.45, 2.75) is 31.8 Å². The van der Waals surface area contributed by atoms with Crippen LogP contribution in [0.5, 0.6) is 0 Å². The summed E-state index contributed by atoms with van der Waals surface area (Å²) >= 11 is 0. The number of hydrogen-bond donors (Lipinski definition) is 0. The van der Waals surface area contributed by atoms with Crippen molar-refractivity contribution in [3.8, 4) is 0 Å². The predicted molar refractivity (Wildman–Crippen MR) is 87.7 cm³/mol. The maximum absolute atomic E-state index is 12.2. The molecule has 1 aromatic carbocycles. The van der Waals surface area contributed by atoms with Gasteiger partial charge in [0.2, 0.25) is 5.91 Å². The summed E-state index contributed by atoms with van der Waals surface area (Å²) in [5.41, 5.74) is 0.897. The summed E-state index contributed by atoms with van der Waals surface area (Å²) in [5.74, 6) is -0.520. The Bertz CT molecular complexity index is 617. The average Bonchev–Trinajstić information content (AvgIpc) is 3.17. The zero-order valence-corrected chi connectivity index (χ0v) is 13.9. The SMILES string of the molecule is CN(CC1CCCO1)C(=O)CCCN1C(=O)c2ccccc2C1=O. The Morgan fingerprint density at radius 1 is 1.25 bits per heavy atom. The van der Waals surface area contributed by atoms with Gasteiger partial charge in [-0.25, -0.2) is 0 Å². The van der Waals surface area contributed by atoms with Gasteiger partial charge >= 0.3 is 0 Å². The maximum atomic E-state index is 12.2. The van der Waals surface area contributed by atoms with Gasteiger partial charge in [0.15, 0.2) is 0 Å². The zero-order chi connectivity index (χ0) is 17.1. The van der Waals surface area contributed by atoms with Crippen molar-refractivity contribution in [3.05, 3.63) is 35.4 Å². The molecule has 0 radical (unpaired) electrons. The highest BCUT2D eigenvalue weighted by Crippen LogP contribution is 2.22. The number of amides is 3. The Labute approximate surface area is 141 Å². The van der Waals surface area contributed by atoms with E-state index in [-0.39, 0.29) is 30.4 Å². The molecule has 1 aromatic rings. The van der Waals surface area contributed by atoms with Gasteiger partial charge < -0.3 is 9.64 Å². The lowest BCUT2D eigenvalue weighted by Gasteiger charge is -2.21. The lowest BCUT2D eigenvalue weighted by atomic mass is 10.1. The first-order chi connectivity index (χ1) is 11.6. The quantitative estimate of drug-likeness (QED) is 0.745. The van der Waals surface area contributed by atoms with Gasteiger partial charge in [0.05, 0.1) is 17.2 Å². The van der Waals surface area contributed by atoms with Crippen molar-refractivity contribution < 1.29 is 19.1 Å². The van der Waals surface area contributed by atoms with Crippen LogP contribution in [0.1, 0.15) is 46.4 Å². The molecule has 1 fully saturated rings. The van der Waals surface area contributed by atoms with Crippen LogP contribution in [0.3, 0.4) is 0 Å². The summed E-state index contributed by atoms with van der Waals surface area (Å²) < 4.78 is 5.53. The molecule has 0 N–H and O–H groups in total. The van der Waals surface area contributed by atoms with E-state index in [0.717, 1.165) is 19.4 Å². The Kier molecular flexibility index (Phi) is 4.94. The fourth-order valence-electron chi connectivity index (χ4n) is 3.22. The number of nitrogens with zero attached hydrogens (tertiary/aromatic N) is 2. The van der Waals surface area contributed by atoms with Crippen molar-refractivity contribution in [2.24, 2.45) is 0 Å². The predicted octanol–water partition coefficient (Wildman–Crippen LogP) is 1.70. The number of likely N-dealkylation sites (N-methyl/N-ethyl adjacent to an activating group) is 1. The second-order valence-corrected chi connectivity index (χ2v) is 6.32. The topological polar surface area (TPSA) is 66.9 Å². The number of hydrogen-bond acceptors (Lipinski definition) is 4. The van der Waals surface area contributed by atoms with E-state index < -0.39 is 0 Å². The molecule has 0 bridgehead atoms. The minimum atomic E-state index is -0.268. The molecule has 0 saturated carbocycles. The minimum Gasteiger partial charge on any atom is -0.376 e. The Balaban J connectivity index is 1.47. The standard InChI is InChI=1S/C18H22N2O4/c1-19(12-13-6-5-11-24-13)16(21)9-4-10-20-17(22)14-7-2-3-8-15(14)18(20)23/h2-3,7-8,13H,4-6,9-12H2,1H3. The normalized spacial score (nSPS) is 19.7. The Morgan fingerprint density at radius 3 is 2.50 bits per heavy atom. The highest BCUT2D eigenvalue weighted by molar-refractivity contribution is 6.21. The summed E-state index contributed by atoms with van der Waals surface area (Å²) in [6.07, 6.45) is 2.96. The molecule has 0 spiro atoms. The third-order valence-corrected chi connectivity index (χ3v) is 4.58. The van der Waals surface area contributed by atoms with Gasteiger partial charge in [-0.05, 0) is 31.4 Å². The van der Waals surface area contributed by atoms with Crippen LogP contribution in [0.4, 0.5) is 0 Å². The molecule has 6 nitrogen and oxygen atoms in total. The van der Waals surface area contributed by atoms with Crippen LogP contribution in [-0.4, -0.2) is 60.4 Å². The minimum absolute atomic E-state index is 0.0158. The molecule has 2 aliphatic heterocycles. The van der Waals surface area contributed by atoms with E-state index in [4.69, 9.17) is 4.74 Å². The van der Waals surface area contributed by atoms with Crippen LogP contribution >= 0.6 is 0 Å². The molecule has 1 atom stereocenters. The maximum Gasteiger partial charge on any atom is 0.261 e. The fourth-order valence-corrected chi connectivity index (χ4v) is 3.22. The van der Waals surface area contributed by atoms with Gasteiger partial charge in [-0.1, -0.05) is 12.1 Å². The van der Waals surface area contributed by atoms with E-state index in [9.17, 15) is 14.4 Å².